The number of thiophene rings is 1. The van der Waals surface area contributed by atoms with Crippen LogP contribution in [0.4, 0.5) is 5.69 Å². The zero-order valence-electron chi connectivity index (χ0n) is 15.8. The Morgan fingerprint density at radius 2 is 1.97 bits per heavy atom. The van der Waals surface area contributed by atoms with Crippen LogP contribution in [0.15, 0.2) is 63.8 Å². The Labute approximate surface area is 173 Å². The predicted molar refractivity (Wildman–Crippen MR) is 114 cm³/mol. The van der Waals surface area contributed by atoms with Crippen LogP contribution in [0, 0.1) is 0 Å². The molecule has 3 aromatic rings. The van der Waals surface area contributed by atoms with Gasteiger partial charge in [-0.05, 0) is 59.8 Å². The molecule has 2 aromatic carbocycles. The summed E-state index contributed by atoms with van der Waals surface area (Å²) in [7, 11) is -2.02. The molecule has 2 heterocycles. The maximum atomic E-state index is 13.0. The van der Waals surface area contributed by atoms with Gasteiger partial charge in [0.15, 0.2) is 0 Å². The second-order valence-corrected chi connectivity index (χ2v) is 9.57. The topological polar surface area (TPSA) is 79.2 Å². The minimum atomic E-state index is -3.55. The number of phenolic OH excluding ortho intramolecular Hbond substituents is 1. The highest BCUT2D eigenvalue weighted by molar-refractivity contribution is 7.89. The first-order chi connectivity index (χ1) is 14.0. The Kier molecular flexibility index (Phi) is 5.40. The minimum absolute atomic E-state index is 0.0604. The summed E-state index contributed by atoms with van der Waals surface area (Å²) in [5.74, 6) is 0.617. The molecule has 1 aliphatic heterocycles. The SMILES string of the molecule is COc1ccc(C=Nc2ccc(S(=O)(=O)N3CCc4sccc4C3)cc2)c(O)c1. The lowest BCUT2D eigenvalue weighted by molar-refractivity contribution is 0.394. The fraction of sp³-hybridized carbons (Fsp3) is 0.190. The summed E-state index contributed by atoms with van der Waals surface area (Å²) in [5.41, 5.74) is 2.23. The molecule has 0 unspecified atom stereocenters. The molecule has 0 bridgehead atoms. The van der Waals surface area contributed by atoms with E-state index in [0.29, 0.717) is 30.1 Å². The van der Waals surface area contributed by atoms with Crippen molar-refractivity contribution >= 4 is 33.3 Å². The average Bonchev–Trinajstić information content (AvgIpc) is 3.21. The predicted octanol–water partition coefficient (Wildman–Crippen LogP) is 3.96. The number of fused-ring (bicyclic) bond motifs is 1. The average molecular weight is 429 g/mol. The van der Waals surface area contributed by atoms with Gasteiger partial charge in [0, 0.05) is 35.8 Å². The molecule has 0 radical (unpaired) electrons. The third-order valence-electron chi connectivity index (χ3n) is 4.84. The van der Waals surface area contributed by atoms with E-state index < -0.39 is 10.0 Å². The molecule has 0 amide bonds. The number of aromatic hydroxyl groups is 1. The van der Waals surface area contributed by atoms with Gasteiger partial charge in [0.25, 0.3) is 0 Å². The molecule has 6 nitrogen and oxygen atoms in total. The molecule has 1 aromatic heterocycles. The maximum Gasteiger partial charge on any atom is 0.243 e. The first-order valence-electron chi connectivity index (χ1n) is 9.04. The van der Waals surface area contributed by atoms with Crippen LogP contribution in [0.2, 0.25) is 0 Å². The van der Waals surface area contributed by atoms with Gasteiger partial charge < -0.3 is 9.84 Å². The van der Waals surface area contributed by atoms with Gasteiger partial charge in [-0.2, -0.15) is 4.31 Å². The largest absolute Gasteiger partial charge is 0.507 e. The molecular formula is C21H20N2O4S2. The van der Waals surface area contributed by atoms with Crippen molar-refractivity contribution in [3.63, 3.8) is 0 Å². The summed E-state index contributed by atoms with van der Waals surface area (Å²) in [5, 5.41) is 12.0. The molecule has 1 N–H and O–H groups in total. The third-order valence-corrected chi connectivity index (χ3v) is 7.72. The van der Waals surface area contributed by atoms with Gasteiger partial charge in [0.1, 0.15) is 11.5 Å². The molecular weight excluding hydrogens is 408 g/mol. The van der Waals surface area contributed by atoms with Crippen LogP contribution in [0.25, 0.3) is 0 Å². The van der Waals surface area contributed by atoms with Crippen molar-refractivity contribution in [2.45, 2.75) is 17.9 Å². The fourth-order valence-electron chi connectivity index (χ4n) is 3.18. The molecule has 0 saturated carbocycles. The molecule has 0 fully saturated rings. The molecule has 0 spiro atoms. The maximum absolute atomic E-state index is 13.0. The van der Waals surface area contributed by atoms with E-state index in [9.17, 15) is 13.5 Å². The monoisotopic (exact) mass is 428 g/mol. The Bertz CT molecular complexity index is 1150. The second-order valence-electron chi connectivity index (χ2n) is 6.63. The summed E-state index contributed by atoms with van der Waals surface area (Å²) in [6.45, 7) is 0.907. The first-order valence-corrected chi connectivity index (χ1v) is 11.4. The van der Waals surface area contributed by atoms with E-state index in [1.54, 1.807) is 47.7 Å². The van der Waals surface area contributed by atoms with Crippen LogP contribution in [0.3, 0.4) is 0 Å². The van der Waals surface area contributed by atoms with Gasteiger partial charge in [-0.15, -0.1) is 11.3 Å². The molecule has 0 aliphatic carbocycles. The number of methoxy groups -OCH3 is 1. The van der Waals surface area contributed by atoms with E-state index in [-0.39, 0.29) is 10.6 Å². The number of aliphatic imine (C=N–C) groups is 1. The Morgan fingerprint density at radius 1 is 1.17 bits per heavy atom. The highest BCUT2D eigenvalue weighted by Gasteiger charge is 2.28. The Hall–Kier alpha value is -2.68. The highest BCUT2D eigenvalue weighted by Crippen LogP contribution is 2.29. The standard InChI is InChI=1S/C21H20N2O4S2/c1-27-18-5-2-15(20(24)12-18)13-22-17-3-6-19(7-4-17)29(25,26)23-10-8-21-16(14-23)9-11-28-21/h2-7,9,11-13,24H,8,10,14H2,1H3. The van der Waals surface area contributed by atoms with Gasteiger partial charge >= 0.3 is 0 Å². The van der Waals surface area contributed by atoms with Crippen molar-refractivity contribution in [1.29, 1.82) is 0 Å². The van der Waals surface area contributed by atoms with E-state index >= 15 is 0 Å². The lowest BCUT2D eigenvalue weighted by atomic mass is 10.1. The summed E-state index contributed by atoms with van der Waals surface area (Å²) in [6.07, 6.45) is 2.28. The van der Waals surface area contributed by atoms with Gasteiger partial charge in [0.2, 0.25) is 10.0 Å². The van der Waals surface area contributed by atoms with Crippen LogP contribution in [0.5, 0.6) is 11.5 Å². The first kappa shape index (κ1) is 19.6. The highest BCUT2D eigenvalue weighted by atomic mass is 32.2. The van der Waals surface area contributed by atoms with Crippen LogP contribution >= 0.6 is 11.3 Å². The normalized spacial score (nSPS) is 14.8. The lowest BCUT2D eigenvalue weighted by Gasteiger charge is -2.26. The van der Waals surface area contributed by atoms with E-state index in [1.165, 1.54) is 28.6 Å². The molecule has 4 rings (SSSR count). The lowest BCUT2D eigenvalue weighted by Crippen LogP contribution is -2.35. The smallest absolute Gasteiger partial charge is 0.243 e. The molecule has 0 atom stereocenters. The van der Waals surface area contributed by atoms with Crippen LogP contribution < -0.4 is 4.74 Å². The number of hydrogen-bond donors (Lipinski definition) is 1. The van der Waals surface area contributed by atoms with Gasteiger partial charge in [0.05, 0.1) is 17.7 Å². The molecule has 150 valence electrons. The van der Waals surface area contributed by atoms with Gasteiger partial charge in [-0.25, -0.2) is 8.42 Å². The zero-order valence-corrected chi connectivity index (χ0v) is 17.4. The van der Waals surface area contributed by atoms with Gasteiger partial charge in [-0.1, -0.05) is 0 Å². The third kappa shape index (κ3) is 4.05. The number of benzene rings is 2. The molecule has 1 aliphatic rings. The van der Waals surface area contributed by atoms with Crippen LogP contribution in [0.1, 0.15) is 16.0 Å². The number of ether oxygens (including phenoxy) is 1. The number of nitrogens with zero attached hydrogens (tertiary/aromatic N) is 2. The van der Waals surface area contributed by atoms with E-state index in [2.05, 4.69) is 4.99 Å². The van der Waals surface area contributed by atoms with E-state index in [1.807, 2.05) is 11.4 Å². The number of sulfonamides is 1. The Morgan fingerprint density at radius 3 is 2.69 bits per heavy atom. The van der Waals surface area contributed by atoms with Crippen molar-refractivity contribution in [1.82, 2.24) is 4.31 Å². The van der Waals surface area contributed by atoms with Crippen molar-refractivity contribution in [3.05, 3.63) is 69.9 Å². The molecule has 29 heavy (non-hydrogen) atoms. The Balaban J connectivity index is 1.50. The second kappa shape index (κ2) is 7.98. The van der Waals surface area contributed by atoms with Crippen molar-refractivity contribution in [3.8, 4) is 11.5 Å². The van der Waals surface area contributed by atoms with E-state index in [4.69, 9.17) is 4.74 Å². The molecule has 0 saturated heterocycles. The zero-order chi connectivity index (χ0) is 20.4. The summed E-state index contributed by atoms with van der Waals surface area (Å²) >= 11 is 1.68. The van der Waals surface area contributed by atoms with Crippen molar-refractivity contribution < 1.29 is 18.3 Å². The van der Waals surface area contributed by atoms with Crippen LogP contribution in [-0.2, 0) is 23.0 Å². The summed E-state index contributed by atoms with van der Waals surface area (Å²) in [6, 6.07) is 13.4. The fourth-order valence-corrected chi connectivity index (χ4v) is 5.49. The van der Waals surface area contributed by atoms with Crippen molar-refractivity contribution in [2.75, 3.05) is 13.7 Å². The number of hydrogen-bond acceptors (Lipinski definition) is 6. The summed E-state index contributed by atoms with van der Waals surface area (Å²) < 4.78 is 32.5. The van der Waals surface area contributed by atoms with Crippen molar-refractivity contribution in [2.24, 2.45) is 4.99 Å². The van der Waals surface area contributed by atoms with Gasteiger partial charge in [-0.3, -0.25) is 4.99 Å². The number of phenols is 1. The molecule has 8 heteroatoms. The quantitative estimate of drug-likeness (QED) is 0.624. The minimum Gasteiger partial charge on any atom is -0.507 e. The summed E-state index contributed by atoms with van der Waals surface area (Å²) in [4.78, 5) is 5.84. The van der Waals surface area contributed by atoms with E-state index in [0.717, 1.165) is 12.0 Å². The van der Waals surface area contributed by atoms with Crippen LogP contribution in [-0.4, -0.2) is 37.7 Å². The number of rotatable bonds is 5.